The van der Waals surface area contributed by atoms with Crippen molar-refractivity contribution in [3.8, 4) is 0 Å². The Morgan fingerprint density at radius 1 is 1.40 bits per heavy atom. The third kappa shape index (κ3) is 3.16. The Morgan fingerprint density at radius 2 is 2.33 bits per heavy atom. The number of ether oxygens (including phenoxy) is 1. The van der Waals surface area contributed by atoms with Crippen molar-refractivity contribution in [2.24, 2.45) is 0 Å². The van der Waals surface area contributed by atoms with Crippen LogP contribution in [0.15, 0.2) is 0 Å². The van der Waals surface area contributed by atoms with Gasteiger partial charge in [0.05, 0.1) is 6.10 Å². The van der Waals surface area contributed by atoms with Crippen LogP contribution in [-0.2, 0) is 4.74 Å². The van der Waals surface area contributed by atoms with Gasteiger partial charge in [-0.15, -0.1) is 0 Å². The van der Waals surface area contributed by atoms with Crippen molar-refractivity contribution in [3.63, 3.8) is 0 Å². The van der Waals surface area contributed by atoms with E-state index in [1.165, 1.54) is 45.3 Å². The summed E-state index contributed by atoms with van der Waals surface area (Å²) in [7, 11) is 0. The molecule has 0 aromatic carbocycles. The van der Waals surface area contributed by atoms with Crippen LogP contribution < -0.4 is 5.32 Å². The molecular weight excluding hydrogens is 188 g/mol. The van der Waals surface area contributed by atoms with Crippen LogP contribution in [-0.4, -0.2) is 49.8 Å². The Labute approximate surface area is 93.2 Å². The highest BCUT2D eigenvalue weighted by Crippen LogP contribution is 2.17. The normalized spacial score (nSPS) is 31.6. The van der Waals surface area contributed by atoms with Gasteiger partial charge in [-0.3, -0.25) is 4.90 Å². The van der Waals surface area contributed by atoms with Crippen LogP contribution in [0.3, 0.4) is 0 Å². The van der Waals surface area contributed by atoms with Crippen molar-refractivity contribution in [1.82, 2.24) is 10.2 Å². The minimum Gasteiger partial charge on any atom is -0.377 e. The number of rotatable bonds is 5. The molecule has 88 valence electrons. The predicted molar refractivity (Wildman–Crippen MR) is 62.1 cm³/mol. The Morgan fingerprint density at radius 3 is 2.93 bits per heavy atom. The van der Waals surface area contributed by atoms with E-state index in [0.717, 1.165) is 19.2 Å². The molecule has 0 amide bonds. The molecule has 0 spiro atoms. The largest absolute Gasteiger partial charge is 0.377 e. The quantitative estimate of drug-likeness (QED) is 0.742. The first-order valence-electron chi connectivity index (χ1n) is 6.46. The topological polar surface area (TPSA) is 24.5 Å². The molecule has 2 rings (SSSR count). The zero-order valence-corrected chi connectivity index (χ0v) is 9.87. The van der Waals surface area contributed by atoms with Crippen LogP contribution in [0.25, 0.3) is 0 Å². The minimum absolute atomic E-state index is 0.511. The second kappa shape index (κ2) is 5.83. The van der Waals surface area contributed by atoms with E-state index in [1.54, 1.807) is 0 Å². The van der Waals surface area contributed by atoms with Gasteiger partial charge in [0, 0.05) is 25.7 Å². The predicted octanol–water partition coefficient (Wildman–Crippen LogP) is 1.24. The van der Waals surface area contributed by atoms with Crippen LogP contribution in [0.5, 0.6) is 0 Å². The molecule has 0 bridgehead atoms. The molecule has 2 aliphatic heterocycles. The molecule has 0 saturated carbocycles. The third-order valence-corrected chi connectivity index (χ3v) is 3.52. The second-order valence-corrected chi connectivity index (χ2v) is 4.78. The molecule has 2 fully saturated rings. The fraction of sp³-hybridized carbons (Fsp3) is 1.00. The molecule has 0 radical (unpaired) electrons. The number of hydrogen-bond donors (Lipinski definition) is 1. The lowest BCUT2D eigenvalue weighted by molar-refractivity contribution is 0.0599. The van der Waals surface area contributed by atoms with Crippen molar-refractivity contribution in [1.29, 1.82) is 0 Å². The van der Waals surface area contributed by atoms with Gasteiger partial charge in [-0.05, 0) is 38.8 Å². The van der Waals surface area contributed by atoms with E-state index in [1.807, 2.05) is 0 Å². The molecule has 0 aromatic heterocycles. The SMILES string of the molecule is CCCN(CC1CCCO1)C1CCNC1. The molecule has 2 heterocycles. The summed E-state index contributed by atoms with van der Waals surface area (Å²) in [5.74, 6) is 0. The molecule has 2 atom stereocenters. The molecule has 2 unspecified atom stereocenters. The first-order chi connectivity index (χ1) is 7.40. The maximum absolute atomic E-state index is 5.73. The summed E-state index contributed by atoms with van der Waals surface area (Å²) in [6.45, 7) is 7.99. The maximum atomic E-state index is 5.73. The monoisotopic (exact) mass is 212 g/mol. The van der Waals surface area contributed by atoms with Crippen LogP contribution in [0.2, 0.25) is 0 Å². The molecule has 2 aliphatic rings. The third-order valence-electron chi connectivity index (χ3n) is 3.52. The van der Waals surface area contributed by atoms with Crippen LogP contribution in [0.1, 0.15) is 32.6 Å². The Bertz CT molecular complexity index is 174. The van der Waals surface area contributed by atoms with Gasteiger partial charge in [0.15, 0.2) is 0 Å². The Balaban J connectivity index is 1.81. The summed E-state index contributed by atoms with van der Waals surface area (Å²) in [6, 6.07) is 0.758. The number of nitrogens with zero attached hydrogens (tertiary/aromatic N) is 1. The van der Waals surface area contributed by atoms with E-state index < -0.39 is 0 Å². The highest BCUT2D eigenvalue weighted by Gasteiger charge is 2.25. The van der Waals surface area contributed by atoms with E-state index in [2.05, 4.69) is 17.1 Å². The van der Waals surface area contributed by atoms with Crippen LogP contribution in [0, 0.1) is 0 Å². The van der Waals surface area contributed by atoms with Gasteiger partial charge >= 0.3 is 0 Å². The summed E-state index contributed by atoms with van der Waals surface area (Å²) < 4.78 is 5.73. The number of nitrogens with one attached hydrogen (secondary N) is 1. The molecule has 0 aromatic rings. The zero-order valence-electron chi connectivity index (χ0n) is 9.87. The minimum atomic E-state index is 0.511. The zero-order chi connectivity index (χ0) is 10.5. The van der Waals surface area contributed by atoms with Crippen molar-refractivity contribution in [2.45, 2.75) is 44.8 Å². The summed E-state index contributed by atoms with van der Waals surface area (Å²) >= 11 is 0. The first-order valence-corrected chi connectivity index (χ1v) is 6.46. The van der Waals surface area contributed by atoms with Gasteiger partial charge in [0.2, 0.25) is 0 Å². The van der Waals surface area contributed by atoms with Crippen LogP contribution >= 0.6 is 0 Å². The summed E-state index contributed by atoms with van der Waals surface area (Å²) in [5.41, 5.74) is 0. The van der Waals surface area contributed by atoms with Crippen LogP contribution in [0.4, 0.5) is 0 Å². The lowest BCUT2D eigenvalue weighted by Gasteiger charge is -2.30. The Hall–Kier alpha value is -0.120. The highest BCUT2D eigenvalue weighted by atomic mass is 16.5. The smallest absolute Gasteiger partial charge is 0.0702 e. The molecule has 1 N–H and O–H groups in total. The molecular formula is C12H24N2O. The fourth-order valence-electron chi connectivity index (χ4n) is 2.71. The Kier molecular flexibility index (Phi) is 4.42. The van der Waals surface area contributed by atoms with Gasteiger partial charge < -0.3 is 10.1 Å². The highest BCUT2D eigenvalue weighted by molar-refractivity contribution is 4.82. The average Bonchev–Trinajstić information content (AvgIpc) is 2.89. The van der Waals surface area contributed by atoms with Crippen molar-refractivity contribution >= 4 is 0 Å². The van der Waals surface area contributed by atoms with Crippen molar-refractivity contribution in [2.75, 3.05) is 32.8 Å². The van der Waals surface area contributed by atoms with E-state index in [4.69, 9.17) is 4.74 Å². The summed E-state index contributed by atoms with van der Waals surface area (Å²) in [4.78, 5) is 2.63. The average molecular weight is 212 g/mol. The molecule has 0 aliphatic carbocycles. The van der Waals surface area contributed by atoms with Gasteiger partial charge in [0.25, 0.3) is 0 Å². The van der Waals surface area contributed by atoms with Gasteiger partial charge in [-0.25, -0.2) is 0 Å². The molecule has 3 nitrogen and oxygen atoms in total. The molecule has 2 saturated heterocycles. The van der Waals surface area contributed by atoms with Gasteiger partial charge in [-0.1, -0.05) is 6.92 Å². The van der Waals surface area contributed by atoms with Crippen molar-refractivity contribution in [3.05, 3.63) is 0 Å². The molecule has 15 heavy (non-hydrogen) atoms. The first kappa shape index (κ1) is 11.4. The van der Waals surface area contributed by atoms with E-state index in [0.29, 0.717) is 6.10 Å². The summed E-state index contributed by atoms with van der Waals surface area (Å²) in [6.07, 6.45) is 5.60. The van der Waals surface area contributed by atoms with Gasteiger partial charge in [-0.2, -0.15) is 0 Å². The summed E-state index contributed by atoms with van der Waals surface area (Å²) in [5, 5.41) is 3.45. The standard InChI is InChI=1S/C12H24N2O/c1-2-7-14(11-5-6-13-9-11)10-12-4-3-8-15-12/h11-13H,2-10H2,1H3. The fourth-order valence-corrected chi connectivity index (χ4v) is 2.71. The lowest BCUT2D eigenvalue weighted by atomic mass is 10.1. The van der Waals surface area contributed by atoms with E-state index >= 15 is 0 Å². The molecule has 3 heteroatoms. The van der Waals surface area contributed by atoms with Gasteiger partial charge in [0.1, 0.15) is 0 Å². The van der Waals surface area contributed by atoms with Crippen molar-refractivity contribution < 1.29 is 4.74 Å². The number of hydrogen-bond acceptors (Lipinski definition) is 3. The van der Waals surface area contributed by atoms with E-state index in [9.17, 15) is 0 Å². The lowest BCUT2D eigenvalue weighted by Crippen LogP contribution is -2.42. The maximum Gasteiger partial charge on any atom is 0.0702 e. The van der Waals surface area contributed by atoms with E-state index in [-0.39, 0.29) is 0 Å². The second-order valence-electron chi connectivity index (χ2n) is 4.78.